The second-order valence-electron chi connectivity index (χ2n) is 8.27. The first kappa shape index (κ1) is 17.9. The zero-order valence-corrected chi connectivity index (χ0v) is 16.8. The van der Waals surface area contributed by atoms with Gasteiger partial charge in [0.05, 0.1) is 24.9 Å². The Kier molecular flexibility index (Phi) is 4.39. The lowest BCUT2D eigenvalue weighted by molar-refractivity contribution is -0.0151. The molecule has 154 valence electrons. The number of rotatable bonds is 5. The maximum absolute atomic E-state index is 5.45. The van der Waals surface area contributed by atoms with E-state index in [1.807, 2.05) is 39.8 Å². The maximum Gasteiger partial charge on any atom is 0.241 e. The molecule has 2 fully saturated rings. The highest BCUT2D eigenvalue weighted by molar-refractivity contribution is 5.80. The third-order valence-electron chi connectivity index (χ3n) is 6.44. The second-order valence-corrected chi connectivity index (χ2v) is 8.27. The van der Waals surface area contributed by atoms with Gasteiger partial charge in [-0.3, -0.25) is 4.90 Å². The fourth-order valence-electron chi connectivity index (χ4n) is 4.65. The first-order chi connectivity index (χ1) is 14.8. The summed E-state index contributed by atoms with van der Waals surface area (Å²) >= 11 is 0. The number of morpholine rings is 1. The predicted octanol–water partition coefficient (Wildman–Crippen LogP) is 2.57. The van der Waals surface area contributed by atoms with Crippen LogP contribution in [0.15, 0.2) is 49.2 Å². The molecule has 1 saturated carbocycles. The monoisotopic (exact) mass is 403 g/mol. The first-order valence-corrected chi connectivity index (χ1v) is 10.7. The number of hydrogen-bond donors (Lipinski definition) is 1. The quantitative estimate of drug-likeness (QED) is 0.552. The lowest BCUT2D eigenvalue weighted by Gasteiger charge is -2.44. The van der Waals surface area contributed by atoms with Crippen LogP contribution >= 0.6 is 0 Å². The minimum atomic E-state index is 0.685. The van der Waals surface area contributed by atoms with Crippen LogP contribution in [0.3, 0.4) is 0 Å². The Morgan fingerprint density at radius 1 is 1.07 bits per heavy atom. The fraction of sp³-hybridized carbons (Fsp3) is 0.409. The molecule has 0 bridgehead atoms. The van der Waals surface area contributed by atoms with Gasteiger partial charge in [0.25, 0.3) is 0 Å². The van der Waals surface area contributed by atoms with Gasteiger partial charge >= 0.3 is 0 Å². The topological polar surface area (TPSA) is 72.0 Å². The van der Waals surface area contributed by atoms with E-state index in [0.29, 0.717) is 11.9 Å². The largest absolute Gasteiger partial charge is 0.379 e. The number of hydrogen-bond acceptors (Lipinski definition) is 6. The van der Waals surface area contributed by atoms with Crippen molar-refractivity contribution in [1.82, 2.24) is 28.9 Å². The van der Waals surface area contributed by atoms with Crippen molar-refractivity contribution in [2.45, 2.75) is 18.9 Å². The molecule has 1 aliphatic heterocycles. The molecule has 1 N–H and O–H groups in total. The van der Waals surface area contributed by atoms with Crippen molar-refractivity contribution in [3.63, 3.8) is 0 Å². The normalized spacial score (nSPS) is 22.4. The Bertz CT molecular complexity index is 1170. The third kappa shape index (κ3) is 3.22. The van der Waals surface area contributed by atoms with Crippen LogP contribution in [0.4, 0.5) is 5.95 Å². The van der Waals surface area contributed by atoms with Crippen LogP contribution in [0.25, 0.3) is 22.3 Å². The highest BCUT2D eigenvalue weighted by Crippen LogP contribution is 2.32. The molecule has 30 heavy (non-hydrogen) atoms. The Morgan fingerprint density at radius 2 is 1.97 bits per heavy atom. The molecule has 0 spiro atoms. The Balaban J connectivity index is 1.12. The SMILES string of the molecule is c1cn2cc(-c3ccn4nc(NCC5CC(N6CCOCC6)C5)ncc34)ccc2n1. The summed E-state index contributed by atoms with van der Waals surface area (Å²) in [4.78, 5) is 11.5. The molecule has 4 aromatic rings. The van der Waals surface area contributed by atoms with E-state index >= 15 is 0 Å². The number of nitrogens with one attached hydrogen (secondary N) is 1. The van der Waals surface area contributed by atoms with Crippen molar-refractivity contribution >= 4 is 17.1 Å². The number of imidazole rings is 1. The Hall–Kier alpha value is -2.97. The zero-order chi connectivity index (χ0) is 19.9. The molecule has 5 heterocycles. The summed E-state index contributed by atoms with van der Waals surface area (Å²) in [5.41, 5.74) is 4.17. The van der Waals surface area contributed by atoms with Crippen molar-refractivity contribution in [1.29, 1.82) is 0 Å². The molecule has 0 amide bonds. The molecule has 1 saturated heterocycles. The van der Waals surface area contributed by atoms with Crippen molar-refractivity contribution in [3.8, 4) is 11.1 Å². The van der Waals surface area contributed by atoms with Gasteiger partial charge in [-0.15, -0.1) is 5.10 Å². The molecule has 6 rings (SSSR count). The van der Waals surface area contributed by atoms with Gasteiger partial charge in [-0.2, -0.15) is 0 Å². The molecular weight excluding hydrogens is 378 g/mol. The summed E-state index contributed by atoms with van der Waals surface area (Å²) in [6.45, 7) is 4.84. The van der Waals surface area contributed by atoms with E-state index < -0.39 is 0 Å². The smallest absolute Gasteiger partial charge is 0.241 e. The maximum atomic E-state index is 5.45. The minimum Gasteiger partial charge on any atom is -0.379 e. The molecule has 1 aliphatic carbocycles. The molecule has 0 unspecified atom stereocenters. The van der Waals surface area contributed by atoms with Crippen LogP contribution in [0.5, 0.6) is 0 Å². The lowest BCUT2D eigenvalue weighted by atomic mass is 9.79. The van der Waals surface area contributed by atoms with Gasteiger partial charge in [0.15, 0.2) is 0 Å². The summed E-state index contributed by atoms with van der Waals surface area (Å²) in [6, 6.07) is 6.93. The van der Waals surface area contributed by atoms with Gasteiger partial charge in [0, 0.05) is 61.6 Å². The van der Waals surface area contributed by atoms with Crippen molar-refractivity contribution in [3.05, 3.63) is 49.2 Å². The fourth-order valence-corrected chi connectivity index (χ4v) is 4.65. The first-order valence-electron chi connectivity index (χ1n) is 10.7. The van der Waals surface area contributed by atoms with Crippen LogP contribution in [0.1, 0.15) is 12.8 Å². The van der Waals surface area contributed by atoms with Crippen LogP contribution in [0.2, 0.25) is 0 Å². The van der Waals surface area contributed by atoms with Crippen LogP contribution in [-0.2, 0) is 4.74 Å². The van der Waals surface area contributed by atoms with E-state index in [-0.39, 0.29) is 0 Å². The van der Waals surface area contributed by atoms with E-state index in [2.05, 4.69) is 43.6 Å². The molecule has 8 nitrogen and oxygen atoms in total. The highest BCUT2D eigenvalue weighted by atomic mass is 16.5. The van der Waals surface area contributed by atoms with E-state index in [9.17, 15) is 0 Å². The summed E-state index contributed by atoms with van der Waals surface area (Å²) in [7, 11) is 0. The molecule has 0 aromatic carbocycles. The number of pyridine rings is 1. The number of aromatic nitrogens is 5. The van der Waals surface area contributed by atoms with E-state index in [4.69, 9.17) is 4.74 Å². The van der Waals surface area contributed by atoms with Crippen molar-refractivity contribution < 1.29 is 4.74 Å². The number of fused-ring (bicyclic) bond motifs is 2. The Labute approximate surface area is 174 Å². The highest BCUT2D eigenvalue weighted by Gasteiger charge is 2.34. The molecule has 2 aliphatic rings. The predicted molar refractivity (Wildman–Crippen MR) is 115 cm³/mol. The summed E-state index contributed by atoms with van der Waals surface area (Å²) in [6.07, 6.45) is 12.3. The van der Waals surface area contributed by atoms with Crippen molar-refractivity contribution in [2.24, 2.45) is 5.92 Å². The third-order valence-corrected chi connectivity index (χ3v) is 6.44. The average Bonchev–Trinajstić information content (AvgIpc) is 3.39. The standard InChI is InChI=1S/C22H25N7O/c1-2-21-23-4-6-28(21)15-17(1)19-3-5-29-20(19)14-25-22(26-29)24-13-16-11-18(12-16)27-7-9-30-10-8-27/h1-6,14-16,18H,7-13H2,(H,24,26). The molecule has 0 radical (unpaired) electrons. The second kappa shape index (κ2) is 7.37. The lowest BCUT2D eigenvalue weighted by Crippen LogP contribution is -2.50. The van der Waals surface area contributed by atoms with Gasteiger partial charge in [-0.1, -0.05) is 0 Å². The summed E-state index contributed by atoms with van der Waals surface area (Å²) in [5.74, 6) is 1.38. The minimum absolute atomic E-state index is 0.685. The number of anilines is 1. The number of ether oxygens (including phenoxy) is 1. The molecular formula is C22H25N7O. The van der Waals surface area contributed by atoms with Crippen LogP contribution < -0.4 is 5.32 Å². The van der Waals surface area contributed by atoms with Crippen molar-refractivity contribution in [2.75, 3.05) is 38.2 Å². The Morgan fingerprint density at radius 3 is 2.87 bits per heavy atom. The van der Waals surface area contributed by atoms with E-state index in [1.54, 1.807) is 0 Å². The van der Waals surface area contributed by atoms with Gasteiger partial charge in [0.2, 0.25) is 5.95 Å². The molecule has 4 aromatic heterocycles. The van der Waals surface area contributed by atoms with Crippen LogP contribution in [0, 0.1) is 5.92 Å². The summed E-state index contributed by atoms with van der Waals surface area (Å²) < 4.78 is 9.38. The van der Waals surface area contributed by atoms with Gasteiger partial charge in [-0.05, 0) is 37.0 Å². The van der Waals surface area contributed by atoms with Gasteiger partial charge in [-0.25, -0.2) is 14.5 Å². The van der Waals surface area contributed by atoms with E-state index in [1.165, 1.54) is 12.8 Å². The van der Waals surface area contributed by atoms with Gasteiger partial charge in [0.1, 0.15) is 5.65 Å². The molecule has 8 heteroatoms. The zero-order valence-electron chi connectivity index (χ0n) is 16.8. The molecule has 0 atom stereocenters. The number of nitrogens with zero attached hydrogens (tertiary/aromatic N) is 6. The summed E-state index contributed by atoms with van der Waals surface area (Å²) in [5, 5.41) is 8.09. The average molecular weight is 403 g/mol. The van der Waals surface area contributed by atoms with Crippen LogP contribution in [-0.4, -0.2) is 67.8 Å². The van der Waals surface area contributed by atoms with Gasteiger partial charge < -0.3 is 14.5 Å². The van der Waals surface area contributed by atoms with E-state index in [0.717, 1.165) is 61.2 Å².